The van der Waals surface area contributed by atoms with Crippen molar-refractivity contribution in [2.45, 2.75) is 46.3 Å². The van der Waals surface area contributed by atoms with Gasteiger partial charge in [0, 0.05) is 32.2 Å². The molecule has 1 aromatic carbocycles. The average Bonchev–Trinajstić information content (AvgIpc) is 3.03. The molecule has 0 saturated carbocycles. The molecule has 5 heteroatoms. The van der Waals surface area contributed by atoms with Gasteiger partial charge in [0.1, 0.15) is 10.0 Å². The Bertz CT molecular complexity index is 615. The maximum atomic E-state index is 4.29. The highest BCUT2D eigenvalue weighted by molar-refractivity contribution is 7.11. The Kier molecular flexibility index (Phi) is 5.98. The molecule has 130 valence electrons. The molecule has 1 aliphatic rings. The summed E-state index contributed by atoms with van der Waals surface area (Å²) in [4.78, 5) is 2.59. The Morgan fingerprint density at radius 1 is 1.08 bits per heavy atom. The largest absolute Gasteiger partial charge is 0.307 e. The fraction of sp³-hybridized carbons (Fsp3) is 0.579. The van der Waals surface area contributed by atoms with Crippen LogP contribution in [0.5, 0.6) is 0 Å². The number of nitrogens with zero attached hydrogens (tertiary/aromatic N) is 3. The normalized spacial score (nSPS) is 22.8. The molecule has 1 fully saturated rings. The average molecular weight is 345 g/mol. The molecular formula is C19H28N4S. The predicted octanol–water partition coefficient (Wildman–Crippen LogP) is 3.35. The van der Waals surface area contributed by atoms with Crippen molar-refractivity contribution in [3.05, 3.63) is 45.9 Å². The molecule has 4 nitrogen and oxygen atoms in total. The van der Waals surface area contributed by atoms with Gasteiger partial charge in [-0.25, -0.2) is 0 Å². The molecule has 1 aromatic heterocycles. The summed E-state index contributed by atoms with van der Waals surface area (Å²) in [6, 6.07) is 11.3. The van der Waals surface area contributed by atoms with Crippen molar-refractivity contribution < 1.29 is 0 Å². The first-order chi connectivity index (χ1) is 11.7. The first-order valence-electron chi connectivity index (χ1n) is 8.96. The van der Waals surface area contributed by atoms with E-state index in [1.165, 1.54) is 5.56 Å². The second-order valence-corrected chi connectivity index (χ2v) is 8.13. The number of piperidine rings is 1. The van der Waals surface area contributed by atoms with E-state index in [4.69, 9.17) is 0 Å². The summed E-state index contributed by atoms with van der Waals surface area (Å²) in [6.45, 7) is 11.0. The Balaban J connectivity index is 1.53. The van der Waals surface area contributed by atoms with Crippen molar-refractivity contribution in [3.8, 4) is 0 Å². The Labute approximate surface area is 149 Å². The molecule has 3 rings (SSSR count). The molecule has 0 radical (unpaired) electrons. The molecule has 1 N–H and O–H groups in total. The Morgan fingerprint density at radius 3 is 2.38 bits per heavy atom. The third-order valence-electron chi connectivity index (χ3n) is 4.87. The lowest BCUT2D eigenvalue weighted by Gasteiger charge is -2.42. The van der Waals surface area contributed by atoms with Gasteiger partial charge < -0.3 is 5.32 Å². The van der Waals surface area contributed by atoms with E-state index in [1.807, 2.05) is 0 Å². The van der Waals surface area contributed by atoms with E-state index in [1.54, 1.807) is 11.3 Å². The lowest BCUT2D eigenvalue weighted by Crippen LogP contribution is -2.52. The van der Waals surface area contributed by atoms with Gasteiger partial charge in [0.2, 0.25) is 0 Å². The first-order valence-corrected chi connectivity index (χ1v) is 9.78. The van der Waals surface area contributed by atoms with Crippen molar-refractivity contribution in [1.29, 1.82) is 0 Å². The highest BCUT2D eigenvalue weighted by atomic mass is 32.1. The van der Waals surface area contributed by atoms with Gasteiger partial charge in [-0.1, -0.05) is 51.1 Å². The number of rotatable bonds is 6. The van der Waals surface area contributed by atoms with Crippen LogP contribution < -0.4 is 5.32 Å². The zero-order chi connectivity index (χ0) is 16.9. The maximum absolute atomic E-state index is 4.29. The van der Waals surface area contributed by atoms with Crippen LogP contribution in [0.3, 0.4) is 0 Å². The molecule has 1 saturated heterocycles. The predicted molar refractivity (Wildman–Crippen MR) is 100.0 cm³/mol. The quantitative estimate of drug-likeness (QED) is 0.872. The van der Waals surface area contributed by atoms with Crippen LogP contribution in [0.2, 0.25) is 0 Å². The number of nitrogens with one attached hydrogen (secondary N) is 1. The minimum atomic E-state index is 0.547. The monoisotopic (exact) mass is 344 g/mol. The van der Waals surface area contributed by atoms with E-state index in [0.29, 0.717) is 17.9 Å². The third kappa shape index (κ3) is 4.41. The summed E-state index contributed by atoms with van der Waals surface area (Å²) < 4.78 is 0. The number of hydrogen-bond acceptors (Lipinski definition) is 5. The zero-order valence-electron chi connectivity index (χ0n) is 14.9. The highest BCUT2D eigenvalue weighted by Crippen LogP contribution is 2.24. The molecule has 24 heavy (non-hydrogen) atoms. The molecule has 2 aromatic rings. The number of aromatic nitrogens is 2. The molecule has 2 atom stereocenters. The smallest absolute Gasteiger partial charge is 0.131 e. The molecular weight excluding hydrogens is 316 g/mol. The van der Waals surface area contributed by atoms with E-state index < -0.39 is 0 Å². The summed E-state index contributed by atoms with van der Waals surface area (Å²) in [5, 5.41) is 14.5. The van der Waals surface area contributed by atoms with Gasteiger partial charge in [-0.15, -0.1) is 21.5 Å². The maximum Gasteiger partial charge on any atom is 0.131 e. The summed E-state index contributed by atoms with van der Waals surface area (Å²) in [7, 11) is 0. The Morgan fingerprint density at radius 2 is 1.75 bits per heavy atom. The van der Waals surface area contributed by atoms with E-state index in [0.717, 1.165) is 42.6 Å². The van der Waals surface area contributed by atoms with Gasteiger partial charge in [-0.05, 0) is 23.8 Å². The van der Waals surface area contributed by atoms with Crippen LogP contribution in [0.25, 0.3) is 0 Å². The summed E-state index contributed by atoms with van der Waals surface area (Å²) in [5.74, 6) is 1.27. The van der Waals surface area contributed by atoms with Crippen molar-refractivity contribution in [2.75, 3.05) is 13.1 Å². The lowest BCUT2D eigenvalue weighted by molar-refractivity contribution is 0.0939. The van der Waals surface area contributed by atoms with E-state index in [9.17, 15) is 0 Å². The topological polar surface area (TPSA) is 41.1 Å². The standard InChI is InChI=1S/C19H28N4S/c1-4-17-21-22-18(24-17)10-20-19-14(2)11-23(12-15(19)3)13-16-8-6-5-7-9-16/h5-9,14-15,19-20H,4,10-13H2,1-3H3/t14-,15-/m0/s1. The van der Waals surface area contributed by atoms with Crippen LogP contribution in [0.15, 0.2) is 30.3 Å². The van der Waals surface area contributed by atoms with Crippen LogP contribution in [0.4, 0.5) is 0 Å². The summed E-state index contributed by atoms with van der Waals surface area (Å²) >= 11 is 1.73. The zero-order valence-corrected chi connectivity index (χ0v) is 15.7. The van der Waals surface area contributed by atoms with Crippen molar-refractivity contribution >= 4 is 11.3 Å². The molecule has 0 unspecified atom stereocenters. The van der Waals surface area contributed by atoms with Crippen LogP contribution in [0.1, 0.15) is 36.3 Å². The van der Waals surface area contributed by atoms with E-state index >= 15 is 0 Å². The molecule has 2 heterocycles. The minimum absolute atomic E-state index is 0.547. The molecule has 0 amide bonds. The third-order valence-corrected chi connectivity index (χ3v) is 5.94. The SMILES string of the molecule is CCc1nnc(CNC2[C@@H](C)CN(Cc3ccccc3)C[C@@H]2C)s1. The van der Waals surface area contributed by atoms with Crippen LogP contribution in [0, 0.1) is 11.8 Å². The van der Waals surface area contributed by atoms with Gasteiger partial charge >= 0.3 is 0 Å². The fourth-order valence-corrected chi connectivity index (χ4v) is 4.49. The minimum Gasteiger partial charge on any atom is -0.307 e. The van der Waals surface area contributed by atoms with Crippen molar-refractivity contribution in [1.82, 2.24) is 20.4 Å². The Hall–Kier alpha value is -1.30. The van der Waals surface area contributed by atoms with Gasteiger partial charge in [-0.2, -0.15) is 0 Å². The van der Waals surface area contributed by atoms with Crippen LogP contribution >= 0.6 is 11.3 Å². The van der Waals surface area contributed by atoms with Gasteiger partial charge in [-0.3, -0.25) is 4.90 Å². The summed E-state index contributed by atoms with van der Waals surface area (Å²) in [6.07, 6.45) is 0.975. The number of likely N-dealkylation sites (tertiary alicyclic amines) is 1. The van der Waals surface area contributed by atoms with Gasteiger partial charge in [0.05, 0.1) is 0 Å². The van der Waals surface area contributed by atoms with Crippen molar-refractivity contribution in [2.24, 2.45) is 11.8 Å². The first kappa shape index (κ1) is 17.5. The number of benzene rings is 1. The fourth-order valence-electron chi connectivity index (χ4n) is 3.76. The van der Waals surface area contributed by atoms with Crippen molar-refractivity contribution in [3.63, 3.8) is 0 Å². The number of aryl methyl sites for hydroxylation is 1. The molecule has 1 aliphatic heterocycles. The molecule has 0 aliphatic carbocycles. The lowest BCUT2D eigenvalue weighted by atomic mass is 9.85. The highest BCUT2D eigenvalue weighted by Gasteiger charge is 2.31. The summed E-state index contributed by atoms with van der Waals surface area (Å²) in [5.41, 5.74) is 1.41. The van der Waals surface area contributed by atoms with E-state index in [-0.39, 0.29) is 0 Å². The van der Waals surface area contributed by atoms with Crippen LogP contribution in [-0.4, -0.2) is 34.2 Å². The second kappa shape index (κ2) is 8.19. The van der Waals surface area contributed by atoms with Crippen LogP contribution in [-0.2, 0) is 19.5 Å². The number of hydrogen-bond donors (Lipinski definition) is 1. The molecule has 0 spiro atoms. The van der Waals surface area contributed by atoms with Gasteiger partial charge in [0.15, 0.2) is 0 Å². The van der Waals surface area contributed by atoms with Gasteiger partial charge in [0.25, 0.3) is 0 Å². The second-order valence-electron chi connectivity index (χ2n) is 6.98. The van der Waals surface area contributed by atoms with E-state index in [2.05, 4.69) is 71.5 Å². The molecule has 0 bridgehead atoms.